The Labute approximate surface area is 143 Å². The standard InChI is InChI=1S/C22H24O2/c1-5-7-10-16-14(4)20-19(13(3)15(16)6-2)21(23)17-11-8-9-12-18(17)22(20)24/h8-9,11-12H,5-7,10H2,1-4H3. The number of fused-ring (bicyclic) bond motifs is 2. The Morgan fingerprint density at radius 2 is 1.29 bits per heavy atom. The van der Waals surface area contributed by atoms with Gasteiger partial charge in [-0.15, -0.1) is 0 Å². The summed E-state index contributed by atoms with van der Waals surface area (Å²) in [6.45, 7) is 8.33. The number of hydrogen-bond acceptors (Lipinski definition) is 2. The first-order valence-electron chi connectivity index (χ1n) is 8.86. The van der Waals surface area contributed by atoms with Crippen LogP contribution in [0.25, 0.3) is 0 Å². The Bertz CT molecular complexity index is 844. The second-order valence-corrected chi connectivity index (χ2v) is 6.62. The fraction of sp³-hybridized carbons (Fsp3) is 0.364. The van der Waals surface area contributed by atoms with Gasteiger partial charge in [0.2, 0.25) is 0 Å². The first kappa shape index (κ1) is 16.6. The van der Waals surface area contributed by atoms with E-state index in [1.54, 1.807) is 12.1 Å². The highest BCUT2D eigenvalue weighted by Gasteiger charge is 2.34. The average molecular weight is 320 g/mol. The number of carbonyl (C=O) groups is 2. The highest BCUT2D eigenvalue weighted by Crippen LogP contribution is 2.36. The van der Waals surface area contributed by atoms with Crippen molar-refractivity contribution in [3.05, 3.63) is 68.8 Å². The summed E-state index contributed by atoms with van der Waals surface area (Å²) in [5, 5.41) is 0. The first-order valence-corrected chi connectivity index (χ1v) is 8.86. The van der Waals surface area contributed by atoms with E-state index in [1.165, 1.54) is 11.1 Å². The van der Waals surface area contributed by atoms with E-state index in [2.05, 4.69) is 13.8 Å². The molecule has 0 saturated carbocycles. The molecule has 3 rings (SSSR count). The lowest BCUT2D eigenvalue weighted by Gasteiger charge is -2.26. The molecular weight excluding hydrogens is 296 g/mol. The Morgan fingerprint density at radius 1 is 0.792 bits per heavy atom. The maximum atomic E-state index is 13.1. The lowest BCUT2D eigenvalue weighted by atomic mass is 9.75. The summed E-state index contributed by atoms with van der Waals surface area (Å²) in [5.41, 5.74) is 6.89. The average Bonchev–Trinajstić information content (AvgIpc) is 2.59. The third-order valence-corrected chi connectivity index (χ3v) is 5.27. The largest absolute Gasteiger partial charge is 0.289 e. The van der Waals surface area contributed by atoms with Crippen molar-refractivity contribution in [1.29, 1.82) is 0 Å². The maximum absolute atomic E-state index is 13.1. The van der Waals surface area contributed by atoms with Crippen LogP contribution in [0.2, 0.25) is 0 Å². The van der Waals surface area contributed by atoms with Gasteiger partial charge in [0, 0.05) is 22.3 Å². The van der Waals surface area contributed by atoms with Crippen molar-refractivity contribution in [2.24, 2.45) is 0 Å². The number of carbonyl (C=O) groups excluding carboxylic acids is 2. The van der Waals surface area contributed by atoms with Crippen LogP contribution in [-0.4, -0.2) is 11.6 Å². The molecule has 0 fully saturated rings. The van der Waals surface area contributed by atoms with Crippen molar-refractivity contribution in [3.8, 4) is 0 Å². The van der Waals surface area contributed by atoms with Gasteiger partial charge in [0.25, 0.3) is 0 Å². The minimum absolute atomic E-state index is 0.00111. The molecular formula is C22H24O2. The van der Waals surface area contributed by atoms with Gasteiger partial charge in [0.05, 0.1) is 0 Å². The molecule has 0 aliphatic heterocycles. The molecule has 2 heteroatoms. The lowest BCUT2D eigenvalue weighted by molar-refractivity contribution is 0.0978. The molecule has 0 radical (unpaired) electrons. The summed E-state index contributed by atoms with van der Waals surface area (Å²) in [5.74, 6) is -0.00116. The third-order valence-electron chi connectivity index (χ3n) is 5.27. The predicted molar refractivity (Wildman–Crippen MR) is 97.2 cm³/mol. The van der Waals surface area contributed by atoms with Crippen molar-refractivity contribution in [3.63, 3.8) is 0 Å². The van der Waals surface area contributed by atoms with Crippen molar-refractivity contribution in [2.75, 3.05) is 0 Å². The number of rotatable bonds is 4. The molecule has 0 bridgehead atoms. The van der Waals surface area contributed by atoms with Gasteiger partial charge in [0.15, 0.2) is 11.6 Å². The Hall–Kier alpha value is -2.22. The van der Waals surface area contributed by atoms with Crippen LogP contribution < -0.4 is 0 Å². The topological polar surface area (TPSA) is 34.1 Å². The van der Waals surface area contributed by atoms with Crippen molar-refractivity contribution in [2.45, 2.75) is 53.4 Å². The SMILES string of the molecule is CCCCc1c(C)c2c(c(C)c1CC)C(=O)c1ccccc1C2=O. The minimum Gasteiger partial charge on any atom is -0.289 e. The minimum atomic E-state index is -0.00228. The third kappa shape index (κ3) is 2.32. The van der Waals surface area contributed by atoms with Crippen molar-refractivity contribution >= 4 is 11.6 Å². The second kappa shape index (κ2) is 6.35. The molecule has 2 aromatic rings. The zero-order chi connectivity index (χ0) is 17.4. The second-order valence-electron chi connectivity index (χ2n) is 6.62. The number of benzene rings is 2. The summed E-state index contributed by atoms with van der Waals surface area (Å²) >= 11 is 0. The van der Waals surface area contributed by atoms with Crippen LogP contribution >= 0.6 is 0 Å². The first-order chi connectivity index (χ1) is 11.5. The zero-order valence-corrected chi connectivity index (χ0v) is 15.0. The Kier molecular flexibility index (Phi) is 4.40. The van der Waals surface area contributed by atoms with Crippen LogP contribution in [0.1, 0.15) is 80.8 Å². The summed E-state index contributed by atoms with van der Waals surface area (Å²) in [4.78, 5) is 26.2. The highest BCUT2D eigenvalue weighted by molar-refractivity contribution is 6.29. The Balaban J connectivity index is 2.32. The van der Waals surface area contributed by atoms with Crippen LogP contribution in [0.3, 0.4) is 0 Å². The molecule has 0 saturated heterocycles. The van der Waals surface area contributed by atoms with E-state index in [0.717, 1.165) is 36.8 Å². The molecule has 2 nitrogen and oxygen atoms in total. The van der Waals surface area contributed by atoms with E-state index in [-0.39, 0.29) is 11.6 Å². The lowest BCUT2D eigenvalue weighted by Crippen LogP contribution is -2.25. The van der Waals surface area contributed by atoms with Gasteiger partial charge in [-0.25, -0.2) is 0 Å². The smallest absolute Gasteiger partial charge is 0.194 e. The highest BCUT2D eigenvalue weighted by atomic mass is 16.1. The molecule has 0 spiro atoms. The van der Waals surface area contributed by atoms with E-state index >= 15 is 0 Å². The molecule has 0 unspecified atom stereocenters. The van der Waals surface area contributed by atoms with Gasteiger partial charge in [-0.2, -0.15) is 0 Å². The fourth-order valence-electron chi connectivity index (χ4n) is 4.02. The summed E-state index contributed by atoms with van der Waals surface area (Å²) in [7, 11) is 0. The van der Waals surface area contributed by atoms with Crippen molar-refractivity contribution in [1.82, 2.24) is 0 Å². The van der Waals surface area contributed by atoms with Gasteiger partial charge in [0.1, 0.15) is 0 Å². The number of ketones is 2. The molecule has 24 heavy (non-hydrogen) atoms. The van der Waals surface area contributed by atoms with E-state index in [4.69, 9.17) is 0 Å². The van der Waals surface area contributed by atoms with Crippen LogP contribution in [-0.2, 0) is 12.8 Å². The molecule has 0 amide bonds. The van der Waals surface area contributed by atoms with E-state index in [1.807, 2.05) is 26.0 Å². The van der Waals surface area contributed by atoms with Crippen molar-refractivity contribution < 1.29 is 9.59 Å². The predicted octanol–water partition coefficient (Wildman–Crippen LogP) is 4.98. The maximum Gasteiger partial charge on any atom is 0.194 e. The van der Waals surface area contributed by atoms with Gasteiger partial charge < -0.3 is 0 Å². The fourth-order valence-corrected chi connectivity index (χ4v) is 4.02. The summed E-state index contributed by atoms with van der Waals surface area (Å²) in [6, 6.07) is 7.19. The number of unbranched alkanes of at least 4 members (excludes halogenated alkanes) is 1. The van der Waals surface area contributed by atoms with Crippen LogP contribution in [0, 0.1) is 13.8 Å². The molecule has 124 valence electrons. The van der Waals surface area contributed by atoms with E-state index in [0.29, 0.717) is 22.3 Å². The molecule has 1 aliphatic rings. The quantitative estimate of drug-likeness (QED) is 0.679. The van der Waals surface area contributed by atoms with Gasteiger partial charge in [-0.05, 0) is 55.4 Å². The zero-order valence-electron chi connectivity index (χ0n) is 15.0. The summed E-state index contributed by atoms with van der Waals surface area (Å²) in [6.07, 6.45) is 4.09. The molecule has 0 aromatic heterocycles. The van der Waals surface area contributed by atoms with Crippen LogP contribution in [0.4, 0.5) is 0 Å². The summed E-state index contributed by atoms with van der Waals surface area (Å²) < 4.78 is 0. The van der Waals surface area contributed by atoms with E-state index < -0.39 is 0 Å². The van der Waals surface area contributed by atoms with Crippen LogP contribution in [0.5, 0.6) is 0 Å². The van der Waals surface area contributed by atoms with Gasteiger partial charge in [-0.1, -0.05) is 44.5 Å². The molecule has 2 aromatic carbocycles. The molecule has 1 aliphatic carbocycles. The normalized spacial score (nSPS) is 13.0. The van der Waals surface area contributed by atoms with Crippen LogP contribution in [0.15, 0.2) is 24.3 Å². The Morgan fingerprint density at radius 3 is 1.75 bits per heavy atom. The monoisotopic (exact) mass is 320 g/mol. The molecule has 0 atom stereocenters. The molecule has 0 N–H and O–H groups in total. The van der Waals surface area contributed by atoms with Gasteiger partial charge in [-0.3, -0.25) is 9.59 Å². The number of hydrogen-bond donors (Lipinski definition) is 0. The van der Waals surface area contributed by atoms with Gasteiger partial charge >= 0.3 is 0 Å². The molecule has 0 heterocycles. The van der Waals surface area contributed by atoms with E-state index in [9.17, 15) is 9.59 Å².